The van der Waals surface area contributed by atoms with Crippen LogP contribution in [-0.4, -0.2) is 17.9 Å². The van der Waals surface area contributed by atoms with Crippen molar-refractivity contribution in [2.24, 2.45) is 0 Å². The molecular formula is C20H16ClNO3. The fourth-order valence-electron chi connectivity index (χ4n) is 2.69. The molecule has 0 aliphatic rings. The summed E-state index contributed by atoms with van der Waals surface area (Å²) in [6.07, 6.45) is 3.07. The van der Waals surface area contributed by atoms with Gasteiger partial charge in [0, 0.05) is 15.9 Å². The van der Waals surface area contributed by atoms with E-state index in [2.05, 4.69) is 4.98 Å². The number of fused-ring (bicyclic) bond motifs is 1. The Morgan fingerprint density at radius 3 is 2.56 bits per heavy atom. The summed E-state index contributed by atoms with van der Waals surface area (Å²) in [7, 11) is 1.59. The molecule has 1 aromatic heterocycles. The zero-order valence-corrected chi connectivity index (χ0v) is 14.6. The molecule has 3 rings (SSSR count). The van der Waals surface area contributed by atoms with Gasteiger partial charge in [0.25, 0.3) is 5.56 Å². The number of ether oxygens (including phenoxy) is 1. The summed E-state index contributed by atoms with van der Waals surface area (Å²) in [5.74, 6) is 0.388. The zero-order chi connectivity index (χ0) is 18.0. The van der Waals surface area contributed by atoms with Crippen LogP contribution in [0.25, 0.3) is 17.0 Å². The van der Waals surface area contributed by atoms with E-state index < -0.39 is 5.56 Å². The van der Waals surface area contributed by atoms with Crippen molar-refractivity contribution in [2.45, 2.75) is 6.92 Å². The summed E-state index contributed by atoms with van der Waals surface area (Å²) in [6.45, 7) is 1.75. The van der Waals surface area contributed by atoms with Crippen molar-refractivity contribution in [3.63, 3.8) is 0 Å². The van der Waals surface area contributed by atoms with Crippen molar-refractivity contribution in [2.75, 3.05) is 7.11 Å². The largest absolute Gasteiger partial charge is 0.497 e. The summed E-state index contributed by atoms with van der Waals surface area (Å²) in [5, 5.41) is 1.31. The van der Waals surface area contributed by atoms with Gasteiger partial charge in [0.1, 0.15) is 5.75 Å². The Hall–Kier alpha value is -2.85. The van der Waals surface area contributed by atoms with Crippen LogP contribution in [0.4, 0.5) is 0 Å². The van der Waals surface area contributed by atoms with Crippen LogP contribution in [0.5, 0.6) is 5.75 Å². The lowest BCUT2D eigenvalue weighted by atomic mass is 10.0. The van der Waals surface area contributed by atoms with E-state index in [1.165, 1.54) is 6.08 Å². The zero-order valence-electron chi connectivity index (χ0n) is 13.8. The van der Waals surface area contributed by atoms with Crippen molar-refractivity contribution in [1.29, 1.82) is 0 Å². The second-order valence-electron chi connectivity index (χ2n) is 5.61. The lowest BCUT2D eigenvalue weighted by molar-refractivity contribution is 0.104. The maximum Gasteiger partial charge on any atom is 0.259 e. The van der Waals surface area contributed by atoms with Gasteiger partial charge in [-0.25, -0.2) is 0 Å². The number of allylic oxidation sites excluding steroid dienone is 1. The van der Waals surface area contributed by atoms with E-state index in [0.29, 0.717) is 16.1 Å². The number of rotatable bonds is 4. The number of methoxy groups -OCH3 is 1. The number of aryl methyl sites for hydroxylation is 1. The number of benzene rings is 2. The van der Waals surface area contributed by atoms with Crippen molar-refractivity contribution < 1.29 is 9.53 Å². The predicted octanol–water partition coefficient (Wildman–Crippen LogP) is 4.39. The maximum absolute atomic E-state index is 12.5. The highest BCUT2D eigenvalue weighted by Crippen LogP contribution is 2.22. The van der Waals surface area contributed by atoms with Gasteiger partial charge in [0.15, 0.2) is 5.78 Å². The molecule has 0 radical (unpaired) electrons. The molecule has 4 nitrogen and oxygen atoms in total. The van der Waals surface area contributed by atoms with Crippen LogP contribution >= 0.6 is 11.6 Å². The number of ketones is 1. The monoisotopic (exact) mass is 353 g/mol. The quantitative estimate of drug-likeness (QED) is 0.559. The van der Waals surface area contributed by atoms with Gasteiger partial charge in [-0.2, -0.15) is 0 Å². The average Bonchev–Trinajstić information content (AvgIpc) is 2.61. The molecule has 25 heavy (non-hydrogen) atoms. The van der Waals surface area contributed by atoms with Crippen LogP contribution in [0.3, 0.4) is 0 Å². The molecule has 5 heteroatoms. The third-order valence-electron chi connectivity index (χ3n) is 4.03. The highest BCUT2D eigenvalue weighted by molar-refractivity contribution is 6.31. The first-order valence-corrected chi connectivity index (χ1v) is 8.06. The molecule has 0 amide bonds. The normalized spacial score (nSPS) is 11.2. The second kappa shape index (κ2) is 6.95. The molecule has 2 aromatic carbocycles. The minimum absolute atomic E-state index is 0.125. The third-order valence-corrected chi connectivity index (χ3v) is 4.26. The van der Waals surface area contributed by atoms with E-state index in [4.69, 9.17) is 16.3 Å². The highest BCUT2D eigenvalue weighted by atomic mass is 35.5. The van der Waals surface area contributed by atoms with E-state index in [0.717, 1.165) is 16.7 Å². The summed E-state index contributed by atoms with van der Waals surface area (Å²) in [6, 6.07) is 12.4. The van der Waals surface area contributed by atoms with E-state index in [9.17, 15) is 9.59 Å². The molecule has 0 aliphatic carbocycles. The van der Waals surface area contributed by atoms with Crippen LogP contribution in [0, 0.1) is 6.92 Å². The van der Waals surface area contributed by atoms with Gasteiger partial charge in [-0.1, -0.05) is 29.8 Å². The van der Waals surface area contributed by atoms with Crippen molar-refractivity contribution >= 4 is 34.4 Å². The first-order valence-electron chi connectivity index (χ1n) is 7.68. The second-order valence-corrected chi connectivity index (χ2v) is 6.05. The first kappa shape index (κ1) is 17.0. The number of pyridine rings is 1. The number of carbonyl (C=O) groups is 1. The van der Waals surface area contributed by atoms with Gasteiger partial charge in [-0.15, -0.1) is 0 Å². The van der Waals surface area contributed by atoms with Crippen LogP contribution in [-0.2, 0) is 0 Å². The Bertz CT molecular complexity index is 1030. The molecule has 0 unspecified atom stereocenters. The van der Waals surface area contributed by atoms with Crippen molar-refractivity contribution in [3.05, 3.63) is 80.6 Å². The Balaban J connectivity index is 1.98. The van der Waals surface area contributed by atoms with Gasteiger partial charge in [0.2, 0.25) is 0 Å². The van der Waals surface area contributed by atoms with Crippen LogP contribution in [0.15, 0.2) is 53.3 Å². The van der Waals surface area contributed by atoms with Crippen molar-refractivity contribution in [1.82, 2.24) is 4.98 Å². The number of aromatic amines is 1. The molecule has 1 heterocycles. The number of H-pyrrole nitrogens is 1. The number of halogens is 1. The van der Waals surface area contributed by atoms with Crippen molar-refractivity contribution in [3.8, 4) is 5.75 Å². The molecule has 0 fully saturated rings. The SMILES string of the molecule is COc1ccc(C=CC(=O)c2c(C)c3cc(Cl)ccc3[nH]c2=O)cc1. The minimum Gasteiger partial charge on any atom is -0.497 e. The lowest BCUT2D eigenvalue weighted by Crippen LogP contribution is -2.18. The molecule has 0 aliphatic heterocycles. The highest BCUT2D eigenvalue weighted by Gasteiger charge is 2.14. The Kier molecular flexibility index (Phi) is 4.72. The molecule has 0 saturated heterocycles. The first-order chi connectivity index (χ1) is 12.0. The predicted molar refractivity (Wildman–Crippen MR) is 101 cm³/mol. The average molecular weight is 354 g/mol. The number of hydrogen-bond acceptors (Lipinski definition) is 3. The Morgan fingerprint density at radius 2 is 1.88 bits per heavy atom. The number of aromatic nitrogens is 1. The van der Waals surface area contributed by atoms with Gasteiger partial charge in [-0.05, 0) is 54.5 Å². The van der Waals surface area contributed by atoms with E-state index in [-0.39, 0.29) is 11.3 Å². The fourth-order valence-corrected chi connectivity index (χ4v) is 2.86. The summed E-state index contributed by atoms with van der Waals surface area (Å²) in [5.41, 5.74) is 1.83. The molecule has 3 aromatic rings. The van der Waals surface area contributed by atoms with Gasteiger partial charge < -0.3 is 9.72 Å². The molecule has 0 bridgehead atoms. The molecule has 0 spiro atoms. The van der Waals surface area contributed by atoms with Crippen LogP contribution < -0.4 is 10.3 Å². The standard InChI is InChI=1S/C20H16ClNO3/c1-12-16-11-14(21)6-9-17(16)22-20(24)19(12)18(23)10-5-13-3-7-15(25-2)8-4-13/h3-11H,1-2H3,(H,22,24). The smallest absolute Gasteiger partial charge is 0.259 e. The molecular weight excluding hydrogens is 338 g/mol. The summed E-state index contributed by atoms with van der Waals surface area (Å²) < 4.78 is 5.10. The van der Waals surface area contributed by atoms with Gasteiger partial charge >= 0.3 is 0 Å². The number of nitrogens with one attached hydrogen (secondary N) is 1. The number of hydrogen-bond donors (Lipinski definition) is 1. The van der Waals surface area contributed by atoms with Gasteiger partial charge in [0.05, 0.1) is 12.7 Å². The van der Waals surface area contributed by atoms with Crippen LogP contribution in [0.2, 0.25) is 5.02 Å². The lowest BCUT2D eigenvalue weighted by Gasteiger charge is -2.07. The fraction of sp³-hybridized carbons (Fsp3) is 0.100. The molecule has 126 valence electrons. The van der Waals surface area contributed by atoms with E-state index in [1.54, 1.807) is 50.4 Å². The summed E-state index contributed by atoms with van der Waals surface area (Å²) >= 11 is 6.03. The van der Waals surface area contributed by atoms with Gasteiger partial charge in [-0.3, -0.25) is 9.59 Å². The maximum atomic E-state index is 12.5. The molecule has 0 atom stereocenters. The Morgan fingerprint density at radius 1 is 1.16 bits per heavy atom. The Labute approximate surface area is 149 Å². The topological polar surface area (TPSA) is 59.2 Å². The molecule has 0 saturated carbocycles. The molecule has 1 N–H and O–H groups in total. The minimum atomic E-state index is -0.406. The summed E-state index contributed by atoms with van der Waals surface area (Å²) in [4.78, 5) is 27.6. The number of carbonyl (C=O) groups excluding carboxylic acids is 1. The van der Waals surface area contributed by atoms with E-state index in [1.807, 2.05) is 12.1 Å². The third kappa shape index (κ3) is 3.49. The van der Waals surface area contributed by atoms with E-state index >= 15 is 0 Å². The van der Waals surface area contributed by atoms with Crippen LogP contribution in [0.1, 0.15) is 21.5 Å².